The first-order valence-electron chi connectivity index (χ1n) is 11.4. The molecule has 0 aliphatic carbocycles. The van der Waals surface area contributed by atoms with Gasteiger partial charge in [0, 0.05) is 34.4 Å². The van der Waals surface area contributed by atoms with Crippen LogP contribution >= 0.6 is 39.1 Å². The van der Waals surface area contributed by atoms with Gasteiger partial charge >= 0.3 is 0 Å². The second-order valence-corrected chi connectivity index (χ2v) is 12.0. The Kier molecular flexibility index (Phi) is 7.38. The van der Waals surface area contributed by atoms with Gasteiger partial charge in [-0.3, -0.25) is 14.2 Å². The van der Waals surface area contributed by atoms with Crippen LogP contribution in [0.2, 0.25) is 10.0 Å². The van der Waals surface area contributed by atoms with Crippen LogP contribution in [0.25, 0.3) is 11.0 Å². The number of hydrogen-bond donors (Lipinski definition) is 1. The number of pyridine rings is 1. The van der Waals surface area contributed by atoms with Gasteiger partial charge in [-0.1, -0.05) is 35.3 Å². The first kappa shape index (κ1) is 27.8. The lowest BCUT2D eigenvalue weighted by Gasteiger charge is -2.23. The van der Waals surface area contributed by atoms with Crippen molar-refractivity contribution in [2.75, 3.05) is 6.54 Å². The van der Waals surface area contributed by atoms with Crippen molar-refractivity contribution in [1.82, 2.24) is 13.9 Å². The number of nitrogens with zero attached hydrogens (tertiary/aromatic N) is 3. The molecule has 1 fully saturated rings. The summed E-state index contributed by atoms with van der Waals surface area (Å²) in [7, 11) is -4.17. The molecule has 0 spiro atoms. The summed E-state index contributed by atoms with van der Waals surface area (Å²) in [5.74, 6) is -4.17. The van der Waals surface area contributed by atoms with Crippen molar-refractivity contribution in [3.05, 3.63) is 97.2 Å². The number of benzene rings is 2. The zero-order valence-corrected chi connectivity index (χ0v) is 23.6. The summed E-state index contributed by atoms with van der Waals surface area (Å²) in [6, 6.07) is 6.95. The second kappa shape index (κ2) is 10.3. The molecule has 1 atom stereocenters. The highest BCUT2D eigenvalue weighted by atomic mass is 79.9. The summed E-state index contributed by atoms with van der Waals surface area (Å²) in [5, 5.41) is 5.52. The number of halogens is 5. The summed E-state index contributed by atoms with van der Waals surface area (Å²) < 4.78 is 57.3. The van der Waals surface area contributed by atoms with Crippen molar-refractivity contribution in [1.29, 1.82) is 0 Å². The predicted molar refractivity (Wildman–Crippen MR) is 145 cm³/mol. The third-order valence-electron chi connectivity index (χ3n) is 6.49. The van der Waals surface area contributed by atoms with Gasteiger partial charge in [-0.15, -0.1) is 0 Å². The number of fused-ring (bicyclic) bond motifs is 1. The fourth-order valence-electron chi connectivity index (χ4n) is 4.76. The van der Waals surface area contributed by atoms with Crippen molar-refractivity contribution in [2.45, 2.75) is 18.9 Å². The van der Waals surface area contributed by atoms with Crippen LogP contribution in [0.5, 0.6) is 0 Å². The molecule has 2 N–H and O–H groups in total. The van der Waals surface area contributed by atoms with Crippen molar-refractivity contribution >= 4 is 72.1 Å². The van der Waals surface area contributed by atoms with Crippen molar-refractivity contribution in [3.8, 4) is 0 Å². The normalized spacial score (nSPS) is 16.2. The number of hydrogen-bond acceptors (Lipinski definition) is 5. The Morgan fingerprint density at radius 1 is 1.10 bits per heavy atom. The van der Waals surface area contributed by atoms with Gasteiger partial charge < -0.3 is 0 Å². The molecular weight excluding hydrogens is 641 g/mol. The van der Waals surface area contributed by atoms with Crippen LogP contribution in [0.1, 0.15) is 50.7 Å². The minimum Gasteiger partial charge on any atom is -0.288 e. The van der Waals surface area contributed by atoms with E-state index in [2.05, 4.69) is 20.9 Å². The molecule has 0 saturated carbocycles. The smallest absolute Gasteiger partial charge is 0.277 e. The maximum absolute atomic E-state index is 15.8. The lowest BCUT2D eigenvalue weighted by atomic mass is 9.96. The van der Waals surface area contributed by atoms with Gasteiger partial charge in [0.1, 0.15) is 17.3 Å². The number of carbonyl (C=O) groups is 2. The summed E-state index contributed by atoms with van der Waals surface area (Å²) in [4.78, 5) is 31.4. The van der Waals surface area contributed by atoms with Gasteiger partial charge in [-0.05, 0) is 53.0 Å². The van der Waals surface area contributed by atoms with Crippen molar-refractivity contribution in [3.63, 3.8) is 0 Å². The minimum absolute atomic E-state index is 0.0238. The lowest BCUT2D eigenvalue weighted by Crippen LogP contribution is -2.36. The number of aromatic nitrogens is 2. The number of nitrogens with two attached hydrogens (primary N) is 1. The SMILES string of the molecule is NS(=O)(=O)N1CCCC1c1ccc(F)c(C(=O)c2cn(C(=O)c3c(Cl)cccc3Cl)c3ncc(Br)cc23)c1F. The Morgan fingerprint density at radius 2 is 1.79 bits per heavy atom. The first-order chi connectivity index (χ1) is 18.4. The van der Waals surface area contributed by atoms with Crippen molar-refractivity contribution in [2.24, 2.45) is 5.14 Å². The van der Waals surface area contributed by atoms with Crippen LogP contribution < -0.4 is 5.14 Å². The Balaban J connectivity index is 1.67. The Bertz CT molecular complexity index is 1780. The molecule has 1 saturated heterocycles. The van der Waals surface area contributed by atoms with Gasteiger partial charge in [0.2, 0.25) is 5.78 Å². The number of carbonyl (C=O) groups excluding carboxylic acids is 2. The van der Waals surface area contributed by atoms with E-state index >= 15 is 8.78 Å². The summed E-state index contributed by atoms with van der Waals surface area (Å²) in [6.07, 6.45) is 3.14. The van der Waals surface area contributed by atoms with Gasteiger partial charge in [0.15, 0.2) is 0 Å². The fraction of sp³-hybridized carbons (Fsp3) is 0.160. The van der Waals surface area contributed by atoms with E-state index in [1.165, 1.54) is 24.4 Å². The summed E-state index contributed by atoms with van der Waals surface area (Å²) in [6.45, 7) is 0.0590. The van der Waals surface area contributed by atoms with E-state index in [-0.39, 0.29) is 50.7 Å². The molecule has 2 aromatic heterocycles. The molecule has 3 heterocycles. The van der Waals surface area contributed by atoms with E-state index in [0.717, 1.165) is 27.2 Å². The van der Waals surface area contributed by atoms with E-state index < -0.39 is 45.1 Å². The van der Waals surface area contributed by atoms with Crippen LogP contribution in [0.3, 0.4) is 0 Å². The highest BCUT2D eigenvalue weighted by molar-refractivity contribution is 9.10. The largest absolute Gasteiger partial charge is 0.288 e. The molecule has 1 aliphatic heterocycles. The molecule has 1 unspecified atom stereocenters. The first-order valence-corrected chi connectivity index (χ1v) is 14.4. The molecule has 39 heavy (non-hydrogen) atoms. The van der Waals surface area contributed by atoms with Gasteiger partial charge in [-0.25, -0.2) is 18.9 Å². The molecule has 4 aromatic rings. The number of ketones is 1. The molecule has 0 bridgehead atoms. The monoisotopic (exact) mass is 656 g/mol. The zero-order valence-electron chi connectivity index (χ0n) is 19.7. The molecule has 5 rings (SSSR count). The van der Waals surface area contributed by atoms with Crippen LogP contribution in [-0.2, 0) is 10.2 Å². The third kappa shape index (κ3) is 4.90. The van der Waals surface area contributed by atoms with Crippen LogP contribution in [0.15, 0.2) is 53.3 Å². The highest BCUT2D eigenvalue weighted by Crippen LogP contribution is 2.37. The van der Waals surface area contributed by atoms with E-state index in [1.54, 1.807) is 6.07 Å². The molecule has 0 radical (unpaired) electrons. The second-order valence-electron chi connectivity index (χ2n) is 8.81. The van der Waals surface area contributed by atoms with Crippen LogP contribution in [0.4, 0.5) is 8.78 Å². The molecule has 0 amide bonds. The van der Waals surface area contributed by atoms with E-state index in [0.29, 0.717) is 10.9 Å². The molecule has 14 heteroatoms. The molecular formula is C25H17BrCl2F2N4O4S. The van der Waals surface area contributed by atoms with E-state index in [9.17, 15) is 18.0 Å². The topological polar surface area (TPSA) is 115 Å². The predicted octanol–water partition coefficient (Wildman–Crippen LogP) is 5.64. The zero-order chi connectivity index (χ0) is 28.2. The Morgan fingerprint density at radius 3 is 2.46 bits per heavy atom. The average molecular weight is 658 g/mol. The number of rotatable bonds is 5. The summed E-state index contributed by atoms with van der Waals surface area (Å²) in [5.41, 5.74) is -1.34. The molecule has 202 valence electrons. The fourth-order valence-corrected chi connectivity index (χ4v) is 6.61. The lowest BCUT2D eigenvalue weighted by molar-refractivity contribution is 0.0964. The highest BCUT2D eigenvalue weighted by Gasteiger charge is 2.37. The third-order valence-corrected chi connectivity index (χ3v) is 8.64. The van der Waals surface area contributed by atoms with Crippen molar-refractivity contribution < 1.29 is 26.8 Å². The van der Waals surface area contributed by atoms with E-state index in [1.807, 2.05) is 0 Å². The molecule has 1 aliphatic rings. The van der Waals surface area contributed by atoms with Gasteiger partial charge in [0.05, 0.1) is 32.8 Å². The van der Waals surface area contributed by atoms with E-state index in [4.69, 9.17) is 28.3 Å². The quantitative estimate of drug-likeness (QED) is 0.279. The maximum atomic E-state index is 15.8. The average Bonchev–Trinajstić information content (AvgIpc) is 3.49. The molecule has 2 aromatic carbocycles. The standard InChI is InChI=1S/C25H17BrCl2F2N4O4S/c26-12-9-14-15(11-33(24(14)32-10-12)25(36)20-16(27)3-1-4-17(20)28)23(35)21-18(29)7-6-13(22(21)30)19-5-2-8-34(19)39(31,37)38/h1,3-4,6-7,9-11,19H,2,5,8H2,(H2,31,37,38). The van der Waals surface area contributed by atoms with Gasteiger partial charge in [0.25, 0.3) is 16.1 Å². The maximum Gasteiger partial charge on any atom is 0.277 e. The van der Waals surface area contributed by atoms with Gasteiger partial charge in [-0.2, -0.15) is 12.7 Å². The Hall–Kier alpha value is -2.74. The van der Waals surface area contributed by atoms with Crippen LogP contribution in [0, 0.1) is 11.6 Å². The minimum atomic E-state index is -4.17. The summed E-state index contributed by atoms with van der Waals surface area (Å²) >= 11 is 15.7. The molecule has 8 nitrogen and oxygen atoms in total. The Labute approximate surface area is 239 Å². The van der Waals surface area contributed by atoms with Crippen LogP contribution in [-0.4, -0.2) is 40.5 Å².